The smallest absolute Gasteiger partial charge is 0.497 e. The lowest BCUT2D eigenvalue weighted by Crippen LogP contribution is -3.00. The van der Waals surface area contributed by atoms with Crippen molar-refractivity contribution in [3.8, 4) is 0 Å². The van der Waals surface area contributed by atoms with Gasteiger partial charge in [-0.15, -0.1) is 0 Å². The third-order valence-electron chi connectivity index (χ3n) is 5.12. The van der Waals surface area contributed by atoms with Crippen molar-refractivity contribution in [1.82, 2.24) is 9.80 Å². The van der Waals surface area contributed by atoms with Gasteiger partial charge in [-0.05, 0) is 47.7 Å². The fourth-order valence-electron chi connectivity index (χ4n) is 3.06. The highest BCUT2D eigenvalue weighted by molar-refractivity contribution is 5.73. The quantitative estimate of drug-likeness (QED) is 0.293. The third-order valence-corrected chi connectivity index (χ3v) is 5.12. The van der Waals surface area contributed by atoms with Gasteiger partial charge in [0.05, 0.1) is 53.0 Å². The number of nitrogens with zero attached hydrogens (tertiary/aromatic N) is 4. The molecule has 206 valence electrons. The van der Waals surface area contributed by atoms with Crippen molar-refractivity contribution in [3.63, 3.8) is 0 Å². The number of pyridine rings is 2. The molecule has 0 aliphatic rings. The number of aliphatic carboxylic acids is 1. The van der Waals surface area contributed by atoms with Crippen LogP contribution >= 0.6 is 0 Å². The Bertz CT molecular complexity index is 1050. The summed E-state index contributed by atoms with van der Waals surface area (Å²) in [6.07, 6.45) is 7.93. The zero-order valence-corrected chi connectivity index (χ0v) is 25.4. The molecular formula is C29H39IN4O4. The summed E-state index contributed by atoms with van der Waals surface area (Å²) in [7, 11) is 6.90. The average molecular weight is 635 g/mol. The van der Waals surface area contributed by atoms with Gasteiger partial charge in [0.15, 0.2) is 0 Å². The first-order valence-corrected chi connectivity index (χ1v) is 12.1. The molecule has 0 aliphatic heterocycles. The fraction of sp³-hybridized carbons (Fsp3) is 0.345. The predicted molar refractivity (Wildman–Crippen MR) is 141 cm³/mol. The molecule has 0 radical (unpaired) electrons. The molecule has 0 spiro atoms. The highest BCUT2D eigenvalue weighted by Crippen LogP contribution is 2.16. The molecule has 0 saturated heterocycles. The molecule has 1 atom stereocenters. The highest BCUT2D eigenvalue weighted by Gasteiger charge is 2.14. The maximum absolute atomic E-state index is 11.2. The summed E-state index contributed by atoms with van der Waals surface area (Å²) in [6, 6.07) is 18.7. The van der Waals surface area contributed by atoms with E-state index in [2.05, 4.69) is 13.8 Å². The number of carbonyl (C=O) groups is 3. The third kappa shape index (κ3) is 12.8. The Morgan fingerprint density at radius 2 is 1.08 bits per heavy atom. The van der Waals surface area contributed by atoms with Crippen LogP contribution in [0.25, 0.3) is 0 Å². The topological polar surface area (TPSA) is 88.5 Å². The molecule has 0 aliphatic carbocycles. The van der Waals surface area contributed by atoms with Crippen molar-refractivity contribution in [2.24, 2.45) is 5.92 Å². The Balaban J connectivity index is 0.000000543. The molecule has 2 aromatic heterocycles. The summed E-state index contributed by atoms with van der Waals surface area (Å²) < 4.78 is 3.06. The number of benzene rings is 1. The molecule has 38 heavy (non-hydrogen) atoms. The second kappa shape index (κ2) is 18.0. The summed E-state index contributed by atoms with van der Waals surface area (Å²) in [5.41, 5.74) is 2.06. The average Bonchev–Trinajstić information content (AvgIpc) is 2.89. The summed E-state index contributed by atoms with van der Waals surface area (Å²) in [4.78, 5) is 36.2. The van der Waals surface area contributed by atoms with E-state index in [1.807, 2.05) is 60.7 Å². The van der Waals surface area contributed by atoms with E-state index in [0.717, 1.165) is 12.0 Å². The Morgan fingerprint density at radius 3 is 1.37 bits per heavy atom. The van der Waals surface area contributed by atoms with Gasteiger partial charge in [0.1, 0.15) is 0 Å². The van der Waals surface area contributed by atoms with Gasteiger partial charge in [-0.1, -0.05) is 57.2 Å². The molecule has 0 saturated carbocycles. The van der Waals surface area contributed by atoms with Crippen molar-refractivity contribution in [2.45, 2.75) is 33.1 Å². The van der Waals surface area contributed by atoms with Crippen LogP contribution in [0.1, 0.15) is 37.8 Å². The van der Waals surface area contributed by atoms with Crippen LogP contribution in [0.2, 0.25) is 0 Å². The second-order valence-corrected chi connectivity index (χ2v) is 9.30. The van der Waals surface area contributed by atoms with Crippen LogP contribution in [0.3, 0.4) is 0 Å². The van der Waals surface area contributed by atoms with Crippen LogP contribution in [0.4, 0.5) is 9.59 Å². The van der Waals surface area contributed by atoms with Crippen LogP contribution in [0.5, 0.6) is 0 Å². The first kappa shape index (κ1) is 34.7. The number of hydrogen-bond acceptors (Lipinski definition) is 4. The van der Waals surface area contributed by atoms with E-state index in [-0.39, 0.29) is 36.0 Å². The van der Waals surface area contributed by atoms with Crippen molar-refractivity contribution >= 4 is 18.0 Å². The van der Waals surface area contributed by atoms with Gasteiger partial charge in [0, 0.05) is 11.9 Å². The molecule has 8 nitrogen and oxygen atoms in total. The predicted octanol–water partition coefficient (Wildman–Crippen LogP) is -0.250. The van der Waals surface area contributed by atoms with Gasteiger partial charge < -0.3 is 33.9 Å². The molecule has 1 aromatic carbocycles. The Labute approximate surface area is 243 Å². The number of aromatic nitrogens is 2. The van der Waals surface area contributed by atoms with Gasteiger partial charge in [0.25, 0.3) is 0 Å². The Kier molecular flexibility index (Phi) is 16.4. The lowest BCUT2D eigenvalue weighted by atomic mass is 9.97. The van der Waals surface area contributed by atoms with E-state index in [0.29, 0.717) is 5.92 Å². The Morgan fingerprint density at radius 1 is 0.711 bits per heavy atom. The molecule has 9 heteroatoms. The van der Waals surface area contributed by atoms with Crippen LogP contribution in [-0.4, -0.2) is 56.0 Å². The van der Waals surface area contributed by atoms with E-state index in [9.17, 15) is 19.5 Å². The van der Waals surface area contributed by atoms with Crippen molar-refractivity contribution < 1.29 is 52.6 Å². The van der Waals surface area contributed by atoms with E-state index in [1.165, 1.54) is 24.5 Å². The molecule has 0 N–H and O–H groups in total. The van der Waals surface area contributed by atoms with E-state index >= 15 is 0 Å². The molecule has 3 rings (SSSR count). The number of carboxylic acid groups (broad SMARTS) is 1. The molecule has 0 fully saturated rings. The van der Waals surface area contributed by atoms with Crippen LogP contribution in [0.15, 0.2) is 85.5 Å². The summed E-state index contributed by atoms with van der Waals surface area (Å²) in [5.74, 6) is -0.931. The molecule has 2 heterocycles. The van der Waals surface area contributed by atoms with E-state index in [1.54, 1.807) is 59.9 Å². The van der Waals surface area contributed by atoms with Crippen LogP contribution < -0.4 is 38.2 Å². The maximum Gasteiger partial charge on any atom is 0.497 e. The molecule has 3 aromatic rings. The second-order valence-electron chi connectivity index (χ2n) is 9.30. The van der Waals surface area contributed by atoms with Gasteiger partial charge >= 0.3 is 12.1 Å². The number of hydrogen-bond donors (Lipinski definition) is 0. The van der Waals surface area contributed by atoms with Crippen LogP contribution in [0, 0.1) is 5.92 Å². The first-order valence-electron chi connectivity index (χ1n) is 12.1. The monoisotopic (exact) mass is 634 g/mol. The standard InChI is InChI=1S/C13H18O2.2C8H11N2O.HI/c1-9(2)8-11-4-6-12(7-5-11)10(3)13(14)15;2*1-9(2)8(11)10-6-4-3-5-7-10;/h4-7,9-10H,8H2,1-3H3,(H,14,15);2*3-7H,1-2H3;1H/q;2*+1;/p-2. The van der Waals surface area contributed by atoms with Gasteiger partial charge in [-0.3, -0.25) is 0 Å². The van der Waals surface area contributed by atoms with E-state index in [4.69, 9.17) is 0 Å². The maximum atomic E-state index is 11.2. The molecule has 0 bridgehead atoms. The van der Waals surface area contributed by atoms with Crippen molar-refractivity contribution in [3.05, 3.63) is 96.6 Å². The van der Waals surface area contributed by atoms with Gasteiger partial charge in [-0.25, -0.2) is 9.80 Å². The first-order chi connectivity index (χ1) is 17.4. The zero-order chi connectivity index (χ0) is 28.0. The minimum Gasteiger partial charge on any atom is -1.00 e. The normalized spacial score (nSPS) is 10.4. The number of rotatable bonds is 4. The summed E-state index contributed by atoms with van der Waals surface area (Å²) in [6.45, 7) is 5.97. The zero-order valence-electron chi connectivity index (χ0n) is 23.2. The molecular weight excluding hydrogens is 595 g/mol. The SMILES string of the molecule is CC(C)Cc1ccc(C(C)C(=O)[O-])cc1.CN(C)C(=O)[n+]1ccccc1.CN(C)C(=O)[n+]1ccccc1.[I-]. The number of carboxylic acids is 1. The molecule has 2 amide bonds. The Hall–Kier alpha value is -3.34. The number of carbonyl (C=O) groups excluding carboxylic acids is 3. The number of halogens is 1. The summed E-state index contributed by atoms with van der Waals surface area (Å²) >= 11 is 0. The van der Waals surface area contributed by atoms with Crippen LogP contribution in [-0.2, 0) is 11.2 Å². The minimum atomic E-state index is -1.02. The van der Waals surface area contributed by atoms with Crippen molar-refractivity contribution in [1.29, 1.82) is 0 Å². The minimum absolute atomic E-state index is 0. The fourth-order valence-corrected chi connectivity index (χ4v) is 3.06. The summed E-state index contributed by atoms with van der Waals surface area (Å²) in [5, 5.41) is 10.7. The lowest BCUT2D eigenvalue weighted by molar-refractivity contribution is -0.577. The van der Waals surface area contributed by atoms with Gasteiger partial charge in [-0.2, -0.15) is 18.7 Å². The number of amides is 2. The van der Waals surface area contributed by atoms with Gasteiger partial charge in [0.2, 0.25) is 0 Å². The highest BCUT2D eigenvalue weighted by atomic mass is 127. The van der Waals surface area contributed by atoms with E-state index < -0.39 is 11.9 Å². The molecule has 1 unspecified atom stereocenters. The lowest BCUT2D eigenvalue weighted by Gasteiger charge is -2.13. The largest absolute Gasteiger partial charge is 1.00 e. The van der Waals surface area contributed by atoms with Crippen molar-refractivity contribution in [2.75, 3.05) is 28.2 Å².